The lowest BCUT2D eigenvalue weighted by molar-refractivity contribution is -0.139. The summed E-state index contributed by atoms with van der Waals surface area (Å²) >= 11 is 0. The Morgan fingerprint density at radius 2 is 1.42 bits per heavy atom. The quantitative estimate of drug-likeness (QED) is 0.467. The summed E-state index contributed by atoms with van der Waals surface area (Å²) in [7, 11) is 0. The average Bonchev–Trinajstić information content (AvgIpc) is 3.03. The number of hydrogen-bond donors (Lipinski definition) is 0. The van der Waals surface area contributed by atoms with Gasteiger partial charge in [0.15, 0.2) is 0 Å². The van der Waals surface area contributed by atoms with E-state index < -0.39 is 0 Å². The average molecular weight is 414 g/mol. The fourth-order valence-corrected chi connectivity index (χ4v) is 4.64. The highest BCUT2D eigenvalue weighted by atomic mass is 16.2. The van der Waals surface area contributed by atoms with Crippen molar-refractivity contribution in [3.63, 3.8) is 0 Å². The standard InChI is InChI=1S/C28H31NO2/c1-18-15-23-24(28(5,6)14-13-27(23,3)4)16-22(18)19(2)21-9-7-20(8-10-21)17-29-25(30)11-12-26(29)31/h7-10,13-16H,2,11-12,17H2,1,3-6H3. The van der Waals surface area contributed by atoms with Crippen molar-refractivity contribution < 1.29 is 9.59 Å². The predicted molar refractivity (Wildman–Crippen MR) is 126 cm³/mol. The molecule has 1 aliphatic carbocycles. The number of rotatable bonds is 4. The third-order valence-corrected chi connectivity index (χ3v) is 6.79. The Balaban J connectivity index is 1.63. The number of allylic oxidation sites excluding steroid dienone is 2. The topological polar surface area (TPSA) is 37.4 Å². The van der Waals surface area contributed by atoms with Crippen molar-refractivity contribution in [1.82, 2.24) is 4.90 Å². The molecule has 1 saturated heterocycles. The molecule has 0 saturated carbocycles. The largest absolute Gasteiger partial charge is 0.278 e. The molecule has 31 heavy (non-hydrogen) atoms. The van der Waals surface area contributed by atoms with Crippen LogP contribution in [0.4, 0.5) is 0 Å². The van der Waals surface area contributed by atoms with Crippen LogP contribution in [0.3, 0.4) is 0 Å². The first kappa shape index (κ1) is 21.3. The van der Waals surface area contributed by atoms with Crippen molar-refractivity contribution in [2.24, 2.45) is 0 Å². The first-order valence-corrected chi connectivity index (χ1v) is 11.0. The molecule has 0 atom stereocenters. The fourth-order valence-electron chi connectivity index (χ4n) is 4.64. The van der Waals surface area contributed by atoms with Crippen LogP contribution in [-0.2, 0) is 27.0 Å². The second kappa shape index (κ2) is 7.33. The lowest BCUT2D eigenvalue weighted by Crippen LogP contribution is -2.29. The molecule has 0 spiro atoms. The number of aryl methyl sites for hydroxylation is 1. The summed E-state index contributed by atoms with van der Waals surface area (Å²) in [5.74, 6) is -0.162. The molecular formula is C28H31NO2. The van der Waals surface area contributed by atoms with E-state index in [2.05, 4.69) is 65.5 Å². The van der Waals surface area contributed by atoms with E-state index in [0.717, 1.165) is 22.3 Å². The first-order chi connectivity index (χ1) is 14.5. The summed E-state index contributed by atoms with van der Waals surface area (Å²) in [5, 5.41) is 0. The van der Waals surface area contributed by atoms with Crippen molar-refractivity contribution in [3.8, 4) is 0 Å². The molecule has 0 unspecified atom stereocenters. The molecule has 0 aromatic heterocycles. The summed E-state index contributed by atoms with van der Waals surface area (Å²) < 4.78 is 0. The van der Waals surface area contributed by atoms with Gasteiger partial charge in [0.2, 0.25) is 11.8 Å². The van der Waals surface area contributed by atoms with E-state index in [1.165, 1.54) is 21.6 Å². The van der Waals surface area contributed by atoms with Gasteiger partial charge in [-0.3, -0.25) is 14.5 Å². The Bertz CT molecular complexity index is 1100. The zero-order valence-electron chi connectivity index (χ0n) is 19.2. The van der Waals surface area contributed by atoms with Crippen LogP contribution in [0.1, 0.15) is 73.9 Å². The summed E-state index contributed by atoms with van der Waals surface area (Å²) in [4.78, 5) is 25.1. The van der Waals surface area contributed by atoms with Crippen molar-refractivity contribution in [1.29, 1.82) is 0 Å². The van der Waals surface area contributed by atoms with Crippen molar-refractivity contribution in [2.45, 2.75) is 64.8 Å². The van der Waals surface area contributed by atoms with E-state index in [1.807, 2.05) is 24.3 Å². The van der Waals surface area contributed by atoms with Crippen molar-refractivity contribution >= 4 is 17.4 Å². The van der Waals surface area contributed by atoms with Gasteiger partial charge in [0.25, 0.3) is 0 Å². The van der Waals surface area contributed by atoms with Gasteiger partial charge in [-0.05, 0) is 51.9 Å². The first-order valence-electron chi connectivity index (χ1n) is 11.0. The van der Waals surface area contributed by atoms with Crippen LogP contribution in [0.5, 0.6) is 0 Å². The molecule has 1 aliphatic heterocycles. The number of imide groups is 1. The molecule has 3 heteroatoms. The minimum atomic E-state index is -0.0808. The number of fused-ring (bicyclic) bond motifs is 1. The van der Waals surface area contributed by atoms with E-state index in [-0.39, 0.29) is 22.6 Å². The van der Waals surface area contributed by atoms with Gasteiger partial charge < -0.3 is 0 Å². The van der Waals surface area contributed by atoms with Crippen molar-refractivity contribution in [2.75, 3.05) is 0 Å². The Kier molecular flexibility index (Phi) is 5.04. The maximum Gasteiger partial charge on any atom is 0.229 e. The van der Waals surface area contributed by atoms with Crippen LogP contribution in [0.2, 0.25) is 0 Å². The van der Waals surface area contributed by atoms with Crippen LogP contribution in [0.25, 0.3) is 5.57 Å². The number of likely N-dealkylation sites (tertiary alicyclic amines) is 1. The Morgan fingerprint density at radius 1 is 0.903 bits per heavy atom. The SMILES string of the molecule is C=C(c1ccc(CN2C(=O)CCC2=O)cc1)c1cc2c(cc1C)C(C)(C)C=CC2(C)C. The molecule has 1 heterocycles. The third-order valence-electron chi connectivity index (χ3n) is 6.79. The normalized spacial score (nSPS) is 18.9. The van der Waals surface area contributed by atoms with Crippen LogP contribution < -0.4 is 0 Å². The molecule has 0 N–H and O–H groups in total. The third kappa shape index (κ3) is 3.78. The number of amides is 2. The summed E-state index contributed by atoms with van der Waals surface area (Å²) in [6.45, 7) is 16.0. The zero-order chi connectivity index (χ0) is 22.6. The minimum absolute atomic E-state index is 0.0154. The van der Waals surface area contributed by atoms with Crippen LogP contribution in [-0.4, -0.2) is 16.7 Å². The molecule has 2 aliphatic rings. The molecule has 2 aromatic carbocycles. The second-order valence-corrected chi connectivity index (χ2v) is 10.0. The van der Waals surface area contributed by atoms with Gasteiger partial charge in [0.1, 0.15) is 0 Å². The fraction of sp³-hybridized carbons (Fsp3) is 0.357. The maximum absolute atomic E-state index is 11.9. The predicted octanol–water partition coefficient (Wildman–Crippen LogP) is 5.83. The Morgan fingerprint density at radius 3 is 1.97 bits per heavy atom. The molecule has 0 bridgehead atoms. The van der Waals surface area contributed by atoms with Gasteiger partial charge in [-0.25, -0.2) is 0 Å². The summed E-state index contributed by atoms with van der Waals surface area (Å²) in [6.07, 6.45) is 5.28. The van der Waals surface area contributed by atoms with Crippen LogP contribution in [0.15, 0.2) is 55.1 Å². The van der Waals surface area contributed by atoms with E-state index in [0.29, 0.717) is 19.4 Å². The highest BCUT2D eigenvalue weighted by Crippen LogP contribution is 2.43. The Hall–Kier alpha value is -2.94. The lowest BCUT2D eigenvalue weighted by atomic mass is 9.67. The van der Waals surface area contributed by atoms with Crippen LogP contribution >= 0.6 is 0 Å². The summed E-state index contributed by atoms with van der Waals surface area (Å²) in [6, 6.07) is 12.7. The monoisotopic (exact) mass is 413 g/mol. The number of carbonyl (C=O) groups excluding carboxylic acids is 2. The van der Waals surface area contributed by atoms with Gasteiger partial charge >= 0.3 is 0 Å². The Labute approximate surface area is 185 Å². The highest BCUT2D eigenvalue weighted by Gasteiger charge is 2.33. The molecule has 2 amide bonds. The highest BCUT2D eigenvalue weighted by molar-refractivity contribution is 6.01. The van der Waals surface area contributed by atoms with Gasteiger partial charge in [0, 0.05) is 23.7 Å². The van der Waals surface area contributed by atoms with Crippen LogP contribution in [0, 0.1) is 6.92 Å². The van der Waals surface area contributed by atoms with Gasteiger partial charge in [-0.15, -0.1) is 0 Å². The molecular weight excluding hydrogens is 382 g/mol. The molecule has 2 aromatic rings. The minimum Gasteiger partial charge on any atom is -0.278 e. The maximum atomic E-state index is 11.9. The second-order valence-electron chi connectivity index (χ2n) is 10.0. The van der Waals surface area contributed by atoms with E-state index >= 15 is 0 Å². The molecule has 4 rings (SSSR count). The van der Waals surface area contributed by atoms with E-state index in [4.69, 9.17) is 0 Å². The number of nitrogens with zero attached hydrogens (tertiary/aromatic N) is 1. The molecule has 0 radical (unpaired) electrons. The number of hydrogen-bond acceptors (Lipinski definition) is 2. The van der Waals surface area contributed by atoms with Gasteiger partial charge in [0.05, 0.1) is 6.54 Å². The van der Waals surface area contributed by atoms with E-state index in [9.17, 15) is 9.59 Å². The molecule has 3 nitrogen and oxygen atoms in total. The number of benzene rings is 2. The number of carbonyl (C=O) groups is 2. The lowest BCUT2D eigenvalue weighted by Gasteiger charge is -2.37. The smallest absolute Gasteiger partial charge is 0.229 e. The molecule has 1 fully saturated rings. The summed E-state index contributed by atoms with van der Waals surface area (Å²) in [5.41, 5.74) is 8.10. The molecule has 160 valence electrons. The van der Waals surface area contributed by atoms with E-state index in [1.54, 1.807) is 0 Å². The van der Waals surface area contributed by atoms with Gasteiger partial charge in [-0.2, -0.15) is 0 Å². The van der Waals surface area contributed by atoms with Crippen molar-refractivity contribution in [3.05, 3.63) is 88.5 Å². The van der Waals surface area contributed by atoms with Gasteiger partial charge in [-0.1, -0.05) is 76.8 Å². The zero-order valence-corrected chi connectivity index (χ0v) is 19.2.